The van der Waals surface area contributed by atoms with Crippen LogP contribution in [0.5, 0.6) is 0 Å². The van der Waals surface area contributed by atoms with Crippen molar-refractivity contribution in [2.45, 2.75) is 5.41 Å². The van der Waals surface area contributed by atoms with Gasteiger partial charge in [0.1, 0.15) is 0 Å². The monoisotopic (exact) mass is 887 g/mol. The number of hydrogen-bond acceptors (Lipinski definition) is 1. The summed E-state index contributed by atoms with van der Waals surface area (Å²) in [4.78, 5) is 2.45. The highest BCUT2D eigenvalue weighted by Gasteiger charge is 2.52. The molecule has 1 atom stereocenters. The fourth-order valence-corrected chi connectivity index (χ4v) is 11.9. The molecule has 0 bridgehead atoms. The maximum atomic E-state index is 2.50. The lowest BCUT2D eigenvalue weighted by Crippen LogP contribution is -2.26. The standard InChI is InChI=1S/C69H45N/c1-2-15-46(16-3-1)52-35-41-63-61-25-8-10-29-65(61)69(67(63)44-52)66-30-11-9-26-62(66)64-42-40-56(45-68(64)69)70(55-38-33-50(34-39-55)59-27-13-19-48-17-4-6-23-57(48)59)54-36-31-47(32-37-54)51-21-12-22-53(43-51)60-28-14-20-49-18-5-7-24-58(49)60/h1-45H. The van der Waals surface area contributed by atoms with Gasteiger partial charge in [-0.25, -0.2) is 0 Å². The van der Waals surface area contributed by atoms with Gasteiger partial charge in [0.05, 0.1) is 5.41 Å². The number of fused-ring (bicyclic) bond motifs is 12. The van der Waals surface area contributed by atoms with Crippen LogP contribution in [-0.2, 0) is 5.41 Å². The van der Waals surface area contributed by atoms with Crippen LogP contribution in [0.15, 0.2) is 273 Å². The Morgan fingerprint density at radius 2 is 0.614 bits per heavy atom. The molecule has 0 saturated heterocycles. The third-order valence-electron chi connectivity index (χ3n) is 15.1. The molecule has 1 nitrogen and oxygen atoms in total. The topological polar surface area (TPSA) is 3.24 Å². The summed E-state index contributed by atoms with van der Waals surface area (Å²) in [5.74, 6) is 0. The van der Waals surface area contributed by atoms with E-state index >= 15 is 0 Å². The quantitative estimate of drug-likeness (QED) is 0.154. The molecule has 14 rings (SSSR count). The zero-order valence-electron chi connectivity index (χ0n) is 38.4. The number of hydrogen-bond donors (Lipinski definition) is 0. The molecule has 0 aromatic heterocycles. The van der Waals surface area contributed by atoms with Crippen molar-refractivity contribution in [3.05, 3.63) is 295 Å². The van der Waals surface area contributed by atoms with Crippen LogP contribution in [0, 0.1) is 0 Å². The van der Waals surface area contributed by atoms with Crippen molar-refractivity contribution in [3.8, 4) is 66.8 Å². The molecule has 0 radical (unpaired) electrons. The molecule has 0 heterocycles. The van der Waals surface area contributed by atoms with Crippen molar-refractivity contribution >= 4 is 38.6 Å². The summed E-state index contributed by atoms with van der Waals surface area (Å²) in [6.07, 6.45) is 0. The Bertz CT molecular complexity index is 3970. The number of anilines is 3. The molecule has 0 N–H and O–H groups in total. The maximum Gasteiger partial charge on any atom is 0.0726 e. The minimum atomic E-state index is -0.512. The predicted molar refractivity (Wildman–Crippen MR) is 294 cm³/mol. The molecule has 12 aromatic carbocycles. The van der Waals surface area contributed by atoms with E-state index in [1.165, 1.54) is 111 Å². The van der Waals surface area contributed by atoms with E-state index in [0.29, 0.717) is 0 Å². The lowest BCUT2D eigenvalue weighted by molar-refractivity contribution is 0.794. The molecular weight excluding hydrogens is 843 g/mol. The molecule has 0 saturated carbocycles. The summed E-state index contributed by atoms with van der Waals surface area (Å²) >= 11 is 0. The second kappa shape index (κ2) is 16.0. The zero-order chi connectivity index (χ0) is 46.2. The van der Waals surface area contributed by atoms with Gasteiger partial charge in [0, 0.05) is 17.1 Å². The van der Waals surface area contributed by atoms with Crippen molar-refractivity contribution in [1.29, 1.82) is 0 Å². The Morgan fingerprint density at radius 1 is 0.214 bits per heavy atom. The summed E-state index contributed by atoms with van der Waals surface area (Å²) < 4.78 is 0. The van der Waals surface area contributed by atoms with E-state index in [1.54, 1.807) is 0 Å². The minimum Gasteiger partial charge on any atom is -0.310 e. The first-order valence-corrected chi connectivity index (χ1v) is 24.3. The Kier molecular flexibility index (Phi) is 9.19. The molecule has 1 spiro atoms. The highest BCUT2D eigenvalue weighted by atomic mass is 15.1. The van der Waals surface area contributed by atoms with Gasteiger partial charge in [-0.15, -0.1) is 0 Å². The van der Waals surface area contributed by atoms with Gasteiger partial charge in [-0.2, -0.15) is 0 Å². The van der Waals surface area contributed by atoms with Gasteiger partial charge in [-0.1, -0.05) is 224 Å². The Labute approximate surface area is 408 Å². The summed E-state index contributed by atoms with van der Waals surface area (Å²) in [6.45, 7) is 0. The first-order chi connectivity index (χ1) is 34.7. The molecule has 2 aliphatic rings. The van der Waals surface area contributed by atoms with Crippen LogP contribution in [0.4, 0.5) is 17.1 Å². The second-order valence-electron chi connectivity index (χ2n) is 18.8. The van der Waals surface area contributed by atoms with E-state index in [-0.39, 0.29) is 0 Å². The molecule has 1 unspecified atom stereocenters. The van der Waals surface area contributed by atoms with Crippen LogP contribution < -0.4 is 4.90 Å². The smallest absolute Gasteiger partial charge is 0.0726 e. The van der Waals surface area contributed by atoms with Crippen LogP contribution in [0.2, 0.25) is 0 Å². The van der Waals surface area contributed by atoms with Gasteiger partial charge in [0.2, 0.25) is 0 Å². The molecule has 0 amide bonds. The van der Waals surface area contributed by atoms with Crippen LogP contribution >= 0.6 is 0 Å². The third kappa shape index (κ3) is 6.18. The van der Waals surface area contributed by atoms with Crippen molar-refractivity contribution in [3.63, 3.8) is 0 Å². The van der Waals surface area contributed by atoms with Crippen molar-refractivity contribution < 1.29 is 0 Å². The molecule has 70 heavy (non-hydrogen) atoms. The van der Waals surface area contributed by atoms with Crippen molar-refractivity contribution in [2.75, 3.05) is 4.90 Å². The first-order valence-electron chi connectivity index (χ1n) is 24.3. The maximum absolute atomic E-state index is 2.50. The van der Waals surface area contributed by atoms with E-state index in [9.17, 15) is 0 Å². The van der Waals surface area contributed by atoms with Gasteiger partial charge in [0.25, 0.3) is 0 Å². The van der Waals surface area contributed by atoms with E-state index < -0.39 is 5.41 Å². The highest BCUT2D eigenvalue weighted by molar-refractivity contribution is 6.00. The molecule has 12 aromatic rings. The van der Waals surface area contributed by atoms with Crippen LogP contribution in [0.1, 0.15) is 22.3 Å². The Balaban J connectivity index is 0.939. The average Bonchev–Trinajstić information content (AvgIpc) is 3.91. The van der Waals surface area contributed by atoms with Gasteiger partial charge < -0.3 is 4.90 Å². The fraction of sp³-hybridized carbons (Fsp3) is 0.0145. The van der Waals surface area contributed by atoms with E-state index in [0.717, 1.165) is 17.1 Å². The van der Waals surface area contributed by atoms with Crippen molar-refractivity contribution in [1.82, 2.24) is 0 Å². The average molecular weight is 888 g/mol. The molecule has 0 fully saturated rings. The first kappa shape index (κ1) is 40.1. The molecule has 0 aliphatic heterocycles. The van der Waals surface area contributed by atoms with Crippen LogP contribution in [0.25, 0.3) is 88.3 Å². The summed E-state index contributed by atoms with van der Waals surface area (Å²) in [5.41, 5.74) is 22.9. The zero-order valence-corrected chi connectivity index (χ0v) is 38.4. The second-order valence-corrected chi connectivity index (χ2v) is 18.8. The summed E-state index contributed by atoms with van der Waals surface area (Å²) in [6, 6.07) is 101. The molecule has 326 valence electrons. The van der Waals surface area contributed by atoms with Crippen molar-refractivity contribution in [2.24, 2.45) is 0 Å². The molecular formula is C69H45N. The number of nitrogens with zero attached hydrogens (tertiary/aromatic N) is 1. The van der Waals surface area contributed by atoms with Crippen LogP contribution in [-0.4, -0.2) is 0 Å². The lowest BCUT2D eigenvalue weighted by atomic mass is 9.70. The predicted octanol–water partition coefficient (Wildman–Crippen LogP) is 18.5. The van der Waals surface area contributed by atoms with E-state index in [4.69, 9.17) is 0 Å². The molecule has 1 heteroatoms. The van der Waals surface area contributed by atoms with Gasteiger partial charge in [-0.05, 0) is 159 Å². The third-order valence-corrected chi connectivity index (χ3v) is 15.1. The van der Waals surface area contributed by atoms with E-state index in [2.05, 4.69) is 278 Å². The number of benzene rings is 12. The van der Waals surface area contributed by atoms with Gasteiger partial charge in [-0.3, -0.25) is 0 Å². The highest BCUT2D eigenvalue weighted by Crippen LogP contribution is 2.64. The van der Waals surface area contributed by atoms with Gasteiger partial charge >= 0.3 is 0 Å². The summed E-state index contributed by atoms with van der Waals surface area (Å²) in [7, 11) is 0. The fourth-order valence-electron chi connectivity index (χ4n) is 11.9. The van der Waals surface area contributed by atoms with E-state index in [1.807, 2.05) is 0 Å². The molecule has 2 aliphatic carbocycles. The lowest BCUT2D eigenvalue weighted by Gasteiger charge is -2.32. The SMILES string of the molecule is c1ccc(-c2ccc3c(c2)C2(c4ccccc4-3)c3ccccc3-c3ccc(N(c4ccc(-c5cccc(-c6cccc7ccccc67)c5)cc4)c4ccc(-c5cccc6ccccc56)cc4)cc32)cc1. The Morgan fingerprint density at radius 3 is 1.27 bits per heavy atom. The normalized spacial score (nSPS) is 14.1. The number of rotatable bonds is 7. The largest absolute Gasteiger partial charge is 0.310 e. The van der Waals surface area contributed by atoms with Gasteiger partial charge in [0.15, 0.2) is 0 Å². The Hall–Kier alpha value is -9.04. The van der Waals surface area contributed by atoms with Crippen LogP contribution in [0.3, 0.4) is 0 Å². The summed E-state index contributed by atoms with van der Waals surface area (Å²) in [5, 5.41) is 5.01. The minimum absolute atomic E-state index is 0.512.